The first-order valence-electron chi connectivity index (χ1n) is 6.16. The minimum atomic E-state index is -0.185. The van der Waals surface area contributed by atoms with E-state index in [0.29, 0.717) is 5.69 Å². The molecule has 0 aliphatic rings. The molecule has 0 fully saturated rings. The predicted octanol–water partition coefficient (Wildman–Crippen LogP) is 1.17. The topological polar surface area (TPSA) is 67.2 Å². The van der Waals surface area contributed by atoms with Crippen molar-refractivity contribution in [2.75, 3.05) is 11.9 Å². The zero-order chi connectivity index (χ0) is 14.4. The first-order chi connectivity index (χ1) is 9.69. The lowest BCUT2D eigenvalue weighted by Gasteiger charge is -2.07. The summed E-state index contributed by atoms with van der Waals surface area (Å²) in [6, 6.07) is 7.26. The molecule has 2 N–H and O–H groups in total. The van der Waals surface area contributed by atoms with Crippen molar-refractivity contribution in [1.29, 1.82) is 0 Å². The first kappa shape index (κ1) is 13.8. The molecule has 0 aliphatic carbocycles. The highest BCUT2D eigenvalue weighted by atomic mass is 16.2. The van der Waals surface area contributed by atoms with Crippen LogP contribution >= 0.6 is 0 Å². The minimum absolute atomic E-state index is 0.154. The van der Waals surface area contributed by atoms with E-state index in [1.807, 2.05) is 19.1 Å². The lowest BCUT2D eigenvalue weighted by Crippen LogP contribution is -2.19. The maximum atomic E-state index is 11.8. The molecule has 0 saturated heterocycles. The number of aliphatic hydroxyl groups excluding tert-OH is 1. The Kier molecular flexibility index (Phi) is 4.53. The third-order valence-corrected chi connectivity index (χ3v) is 2.69. The largest absolute Gasteiger partial charge is 0.384 e. The Morgan fingerprint density at radius 2 is 2.35 bits per heavy atom. The van der Waals surface area contributed by atoms with Gasteiger partial charge in [0.25, 0.3) is 0 Å². The van der Waals surface area contributed by atoms with Crippen LogP contribution < -0.4 is 5.32 Å². The van der Waals surface area contributed by atoms with Gasteiger partial charge in [0.15, 0.2) is 0 Å². The molecule has 0 aliphatic heterocycles. The molecule has 0 spiro atoms. The molecular weight excluding hydrogens is 254 g/mol. The van der Waals surface area contributed by atoms with Gasteiger partial charge < -0.3 is 10.4 Å². The molecule has 1 heterocycles. The van der Waals surface area contributed by atoms with E-state index < -0.39 is 0 Å². The second kappa shape index (κ2) is 6.55. The zero-order valence-corrected chi connectivity index (χ0v) is 11.1. The lowest BCUT2D eigenvalue weighted by molar-refractivity contribution is -0.116. The summed E-state index contributed by atoms with van der Waals surface area (Å²) in [5.41, 5.74) is 2.46. The summed E-state index contributed by atoms with van der Waals surface area (Å²) < 4.78 is 1.55. The monoisotopic (exact) mass is 269 g/mol. The molecule has 1 aromatic heterocycles. The highest BCUT2D eigenvalue weighted by Crippen LogP contribution is 2.14. The molecule has 0 bridgehead atoms. The first-order valence-corrected chi connectivity index (χ1v) is 6.16. The highest BCUT2D eigenvalue weighted by Gasteiger charge is 2.05. The van der Waals surface area contributed by atoms with E-state index in [0.717, 1.165) is 11.1 Å². The normalized spacial score (nSPS) is 9.70. The summed E-state index contributed by atoms with van der Waals surface area (Å²) in [4.78, 5) is 11.8. The number of aryl methyl sites for hydroxylation is 1. The van der Waals surface area contributed by atoms with Crippen LogP contribution in [-0.4, -0.2) is 27.4 Å². The second-order valence-corrected chi connectivity index (χ2v) is 4.24. The average molecular weight is 269 g/mol. The minimum Gasteiger partial charge on any atom is -0.384 e. The van der Waals surface area contributed by atoms with Crippen LogP contribution in [-0.2, 0) is 11.3 Å². The van der Waals surface area contributed by atoms with Gasteiger partial charge in [-0.2, -0.15) is 5.10 Å². The number of benzene rings is 1. The number of anilines is 1. The smallest absolute Gasteiger partial charge is 0.246 e. The van der Waals surface area contributed by atoms with Crippen LogP contribution in [0.25, 0.3) is 0 Å². The number of aliphatic hydroxyl groups is 1. The summed E-state index contributed by atoms with van der Waals surface area (Å²) >= 11 is 0. The van der Waals surface area contributed by atoms with Crippen molar-refractivity contribution < 1.29 is 9.90 Å². The van der Waals surface area contributed by atoms with Gasteiger partial charge in [-0.3, -0.25) is 9.48 Å². The number of carbonyl (C=O) groups is 1. The molecule has 2 aromatic rings. The van der Waals surface area contributed by atoms with E-state index in [4.69, 9.17) is 5.11 Å². The molecule has 102 valence electrons. The van der Waals surface area contributed by atoms with Gasteiger partial charge in [0.05, 0.1) is 0 Å². The van der Waals surface area contributed by atoms with E-state index in [1.54, 1.807) is 29.2 Å². The quantitative estimate of drug-likeness (QED) is 0.822. The standard InChI is InChI=1S/C15H15N3O2/c1-12-5-6-14(10-13(12)4-2-9-19)17-15(20)11-18-8-3-7-16-18/h3,5-8,10,19H,9,11H2,1H3,(H,17,20). The predicted molar refractivity (Wildman–Crippen MR) is 76.0 cm³/mol. The Bertz CT molecular complexity index is 651. The van der Waals surface area contributed by atoms with Crippen LogP contribution in [0.15, 0.2) is 36.7 Å². The molecule has 1 amide bonds. The number of nitrogens with zero attached hydrogens (tertiary/aromatic N) is 2. The third kappa shape index (κ3) is 3.70. The number of carbonyl (C=O) groups excluding carboxylic acids is 1. The Morgan fingerprint density at radius 3 is 3.05 bits per heavy atom. The number of amides is 1. The molecule has 0 unspecified atom stereocenters. The van der Waals surface area contributed by atoms with Crippen molar-refractivity contribution in [2.45, 2.75) is 13.5 Å². The van der Waals surface area contributed by atoms with Gasteiger partial charge in [0, 0.05) is 23.6 Å². The zero-order valence-electron chi connectivity index (χ0n) is 11.1. The van der Waals surface area contributed by atoms with Crippen LogP contribution in [0.3, 0.4) is 0 Å². The maximum absolute atomic E-state index is 11.8. The van der Waals surface area contributed by atoms with E-state index in [1.165, 1.54) is 0 Å². The van der Waals surface area contributed by atoms with Crippen molar-refractivity contribution in [1.82, 2.24) is 9.78 Å². The summed E-state index contributed by atoms with van der Waals surface area (Å²) in [5.74, 6) is 5.30. The average Bonchev–Trinajstić information content (AvgIpc) is 2.92. The van der Waals surface area contributed by atoms with Crippen LogP contribution in [0.4, 0.5) is 5.69 Å². The number of rotatable bonds is 3. The van der Waals surface area contributed by atoms with Crippen molar-refractivity contribution in [3.8, 4) is 11.8 Å². The number of aromatic nitrogens is 2. The molecule has 2 rings (SSSR count). The SMILES string of the molecule is Cc1ccc(NC(=O)Cn2cccn2)cc1C#CCO. The number of hydrogen-bond acceptors (Lipinski definition) is 3. The van der Waals surface area contributed by atoms with Gasteiger partial charge in [0.1, 0.15) is 13.2 Å². The summed E-state index contributed by atoms with van der Waals surface area (Å²) in [7, 11) is 0. The molecule has 0 radical (unpaired) electrons. The molecule has 1 aromatic carbocycles. The van der Waals surface area contributed by atoms with E-state index in [9.17, 15) is 4.79 Å². The van der Waals surface area contributed by atoms with Gasteiger partial charge in [-0.15, -0.1) is 0 Å². The lowest BCUT2D eigenvalue weighted by atomic mass is 10.1. The van der Waals surface area contributed by atoms with Crippen LogP contribution in [0.5, 0.6) is 0 Å². The maximum Gasteiger partial charge on any atom is 0.246 e. The van der Waals surface area contributed by atoms with Gasteiger partial charge >= 0.3 is 0 Å². The Hall–Kier alpha value is -2.58. The van der Waals surface area contributed by atoms with Crippen LogP contribution in [0.2, 0.25) is 0 Å². The number of nitrogens with one attached hydrogen (secondary N) is 1. The van der Waals surface area contributed by atoms with Gasteiger partial charge in [-0.25, -0.2) is 0 Å². The highest BCUT2D eigenvalue weighted by molar-refractivity contribution is 5.90. The van der Waals surface area contributed by atoms with Crippen LogP contribution in [0, 0.1) is 18.8 Å². The van der Waals surface area contributed by atoms with E-state index >= 15 is 0 Å². The van der Waals surface area contributed by atoms with Crippen molar-refractivity contribution in [3.05, 3.63) is 47.8 Å². The molecule has 0 atom stereocenters. The molecular formula is C15H15N3O2. The van der Waals surface area contributed by atoms with Gasteiger partial charge in [-0.05, 0) is 30.7 Å². The fourth-order valence-electron chi connectivity index (χ4n) is 1.71. The third-order valence-electron chi connectivity index (χ3n) is 2.69. The Labute approximate surface area is 117 Å². The Morgan fingerprint density at radius 1 is 1.50 bits per heavy atom. The van der Waals surface area contributed by atoms with Gasteiger partial charge in [0.2, 0.25) is 5.91 Å². The summed E-state index contributed by atoms with van der Waals surface area (Å²) in [6.07, 6.45) is 3.36. The fourth-order valence-corrected chi connectivity index (χ4v) is 1.71. The van der Waals surface area contributed by atoms with Crippen molar-refractivity contribution in [2.24, 2.45) is 0 Å². The fraction of sp³-hybridized carbons (Fsp3) is 0.200. The summed E-state index contributed by atoms with van der Waals surface area (Å²) in [6.45, 7) is 1.91. The molecule has 0 saturated carbocycles. The van der Waals surface area contributed by atoms with E-state index in [2.05, 4.69) is 22.3 Å². The molecule has 20 heavy (non-hydrogen) atoms. The molecule has 5 nitrogen and oxygen atoms in total. The Balaban J connectivity index is 2.07. The van der Waals surface area contributed by atoms with Crippen molar-refractivity contribution >= 4 is 11.6 Å². The number of hydrogen-bond donors (Lipinski definition) is 2. The van der Waals surface area contributed by atoms with Gasteiger partial charge in [-0.1, -0.05) is 17.9 Å². The second-order valence-electron chi connectivity index (χ2n) is 4.24. The summed E-state index contributed by atoms with van der Waals surface area (Å²) in [5, 5.41) is 15.5. The van der Waals surface area contributed by atoms with Crippen LogP contribution in [0.1, 0.15) is 11.1 Å². The molecule has 5 heteroatoms. The van der Waals surface area contributed by atoms with Crippen molar-refractivity contribution in [3.63, 3.8) is 0 Å². The van der Waals surface area contributed by atoms with E-state index in [-0.39, 0.29) is 19.1 Å².